The van der Waals surface area contributed by atoms with Gasteiger partial charge in [-0.25, -0.2) is 4.79 Å². The number of carboxylic acid groups (broad SMARTS) is 1. The molecule has 4 rings (SSSR count). The molecule has 1 aromatic rings. The van der Waals surface area contributed by atoms with Gasteiger partial charge in [-0.2, -0.15) is 0 Å². The number of piperidine rings is 1. The summed E-state index contributed by atoms with van der Waals surface area (Å²) in [6.07, 6.45) is 3.78. The number of fused-ring (bicyclic) bond motifs is 4. The smallest absolute Gasteiger partial charge is 0.334 e. The maximum absolute atomic E-state index is 13.3. The summed E-state index contributed by atoms with van der Waals surface area (Å²) < 4.78 is 5.94. The summed E-state index contributed by atoms with van der Waals surface area (Å²) in [6, 6.07) is 8.03. The number of aliphatic carboxylic acids is 1. The van der Waals surface area contributed by atoms with Crippen LogP contribution in [0, 0.1) is 11.8 Å². The Morgan fingerprint density at radius 2 is 2.18 bits per heavy atom. The number of carbonyl (C=O) groups excluding carboxylic acids is 1. The molecule has 0 saturated carbocycles. The lowest BCUT2D eigenvalue weighted by Gasteiger charge is -2.49. The fourth-order valence-electron chi connectivity index (χ4n) is 6.19. The zero-order valence-electron chi connectivity index (χ0n) is 16.8. The van der Waals surface area contributed by atoms with Gasteiger partial charge in [-0.05, 0) is 18.1 Å². The number of quaternary nitrogens is 1. The normalized spacial score (nSPS) is 36.8. The summed E-state index contributed by atoms with van der Waals surface area (Å²) >= 11 is 0. The second-order valence-corrected chi connectivity index (χ2v) is 8.75. The van der Waals surface area contributed by atoms with Gasteiger partial charge in [0.2, 0.25) is 5.91 Å². The molecule has 3 aliphatic heterocycles. The molecule has 150 valence electrons. The van der Waals surface area contributed by atoms with E-state index in [2.05, 4.69) is 25.4 Å². The molecule has 1 amide bonds. The highest BCUT2D eigenvalue weighted by Gasteiger charge is 2.66. The molecule has 2 fully saturated rings. The lowest BCUT2D eigenvalue weighted by Crippen LogP contribution is -2.62. The van der Waals surface area contributed by atoms with Gasteiger partial charge >= 0.3 is 5.97 Å². The van der Waals surface area contributed by atoms with Crippen molar-refractivity contribution in [1.29, 1.82) is 0 Å². The van der Waals surface area contributed by atoms with Crippen LogP contribution in [0.4, 0.5) is 5.69 Å². The third-order valence-corrected chi connectivity index (χ3v) is 7.51. The van der Waals surface area contributed by atoms with Crippen LogP contribution in [0.15, 0.2) is 36.1 Å². The Labute approximate surface area is 165 Å². The minimum atomic E-state index is -0.926. The van der Waals surface area contributed by atoms with Crippen molar-refractivity contribution < 1.29 is 23.9 Å². The molecule has 3 heterocycles. The Morgan fingerprint density at radius 1 is 1.43 bits per heavy atom. The van der Waals surface area contributed by atoms with Gasteiger partial charge in [0.15, 0.2) is 0 Å². The van der Waals surface area contributed by atoms with Gasteiger partial charge in [-0.1, -0.05) is 25.1 Å². The van der Waals surface area contributed by atoms with Gasteiger partial charge in [0.1, 0.15) is 11.5 Å². The fraction of sp³-hybridized carbons (Fsp3) is 0.545. The van der Waals surface area contributed by atoms with Crippen molar-refractivity contribution in [1.82, 2.24) is 0 Å². The highest BCUT2D eigenvalue weighted by Crippen LogP contribution is 2.55. The molecule has 0 aromatic heterocycles. The molecule has 6 nitrogen and oxygen atoms in total. The Bertz CT molecular complexity index is 851. The van der Waals surface area contributed by atoms with Crippen LogP contribution in [0.1, 0.15) is 31.7 Å². The van der Waals surface area contributed by atoms with E-state index in [-0.39, 0.29) is 23.8 Å². The first-order valence-corrected chi connectivity index (χ1v) is 10.1. The van der Waals surface area contributed by atoms with Gasteiger partial charge in [-0.15, -0.1) is 0 Å². The molecule has 2 saturated heterocycles. The predicted molar refractivity (Wildman–Crippen MR) is 106 cm³/mol. The van der Waals surface area contributed by atoms with Crippen molar-refractivity contribution in [2.24, 2.45) is 11.8 Å². The Kier molecular flexibility index (Phi) is 4.49. The number of nitrogens with zero attached hydrogens (tertiary/aromatic N) is 1. The SMILES string of the molecule is CCC1C[N+]2(C)CCC3(C(=O)Nc4ccccc43)C2CC1C(=COC)C(=O)O. The van der Waals surface area contributed by atoms with E-state index in [1.165, 1.54) is 13.4 Å². The average molecular weight is 385 g/mol. The molecule has 1 spiro atoms. The summed E-state index contributed by atoms with van der Waals surface area (Å²) in [7, 11) is 3.73. The first-order valence-electron chi connectivity index (χ1n) is 10.1. The number of hydrogen-bond acceptors (Lipinski definition) is 3. The van der Waals surface area contributed by atoms with Crippen LogP contribution in [-0.4, -0.2) is 54.8 Å². The van der Waals surface area contributed by atoms with Crippen LogP contribution in [0.5, 0.6) is 0 Å². The molecule has 1 aromatic carbocycles. The molecule has 5 unspecified atom stereocenters. The topological polar surface area (TPSA) is 75.6 Å². The molecule has 5 atom stereocenters. The summed E-state index contributed by atoms with van der Waals surface area (Å²) in [5.41, 5.74) is 1.74. The van der Waals surface area contributed by atoms with Crippen molar-refractivity contribution in [3.8, 4) is 0 Å². The molecule has 0 radical (unpaired) electrons. The highest BCUT2D eigenvalue weighted by molar-refractivity contribution is 6.07. The van der Waals surface area contributed by atoms with E-state index >= 15 is 0 Å². The third kappa shape index (κ3) is 2.50. The molecule has 3 aliphatic rings. The molecule has 0 bridgehead atoms. The van der Waals surface area contributed by atoms with Crippen LogP contribution in [0.3, 0.4) is 0 Å². The second-order valence-electron chi connectivity index (χ2n) is 8.75. The zero-order chi connectivity index (χ0) is 20.1. The Morgan fingerprint density at radius 3 is 2.86 bits per heavy atom. The van der Waals surface area contributed by atoms with Crippen LogP contribution in [-0.2, 0) is 19.7 Å². The number of ether oxygens (including phenoxy) is 1. The number of benzene rings is 1. The minimum absolute atomic E-state index is 0.0588. The summed E-state index contributed by atoms with van der Waals surface area (Å²) in [5.74, 6) is -0.714. The summed E-state index contributed by atoms with van der Waals surface area (Å²) in [6.45, 7) is 3.95. The third-order valence-electron chi connectivity index (χ3n) is 7.51. The van der Waals surface area contributed by atoms with Crippen LogP contribution >= 0.6 is 0 Å². The summed E-state index contributed by atoms with van der Waals surface area (Å²) in [4.78, 5) is 25.2. The number of carboxylic acids is 1. The van der Waals surface area contributed by atoms with E-state index in [1.54, 1.807) is 0 Å². The number of hydrogen-bond donors (Lipinski definition) is 2. The van der Waals surface area contributed by atoms with E-state index in [0.717, 1.165) is 41.7 Å². The zero-order valence-corrected chi connectivity index (χ0v) is 16.8. The van der Waals surface area contributed by atoms with Crippen molar-refractivity contribution in [3.63, 3.8) is 0 Å². The molecular formula is C22H29N2O4+. The van der Waals surface area contributed by atoms with Crippen LogP contribution in [0.25, 0.3) is 0 Å². The summed E-state index contributed by atoms with van der Waals surface area (Å²) in [5, 5.41) is 12.9. The molecular weight excluding hydrogens is 356 g/mol. The maximum atomic E-state index is 13.3. The number of carbonyl (C=O) groups is 2. The van der Waals surface area contributed by atoms with Gasteiger partial charge in [-0.3, -0.25) is 4.79 Å². The maximum Gasteiger partial charge on any atom is 0.334 e. The average Bonchev–Trinajstić information content (AvgIpc) is 3.14. The number of rotatable bonds is 4. The van der Waals surface area contributed by atoms with Gasteiger partial charge in [0, 0.05) is 30.4 Å². The van der Waals surface area contributed by atoms with Gasteiger partial charge in [0.05, 0.1) is 39.1 Å². The Balaban J connectivity index is 1.80. The van der Waals surface area contributed by atoms with E-state index in [4.69, 9.17) is 4.74 Å². The van der Waals surface area contributed by atoms with E-state index in [9.17, 15) is 14.7 Å². The monoisotopic (exact) mass is 385 g/mol. The predicted octanol–water partition coefficient (Wildman–Crippen LogP) is 2.76. The molecule has 6 heteroatoms. The number of amides is 1. The van der Waals surface area contributed by atoms with Gasteiger partial charge < -0.3 is 19.6 Å². The second kappa shape index (κ2) is 6.62. The van der Waals surface area contributed by atoms with Crippen LogP contribution in [0.2, 0.25) is 0 Å². The van der Waals surface area contributed by atoms with Crippen molar-refractivity contribution in [3.05, 3.63) is 41.7 Å². The lowest BCUT2D eigenvalue weighted by atomic mass is 9.67. The van der Waals surface area contributed by atoms with Gasteiger partial charge in [0.25, 0.3) is 0 Å². The van der Waals surface area contributed by atoms with E-state index in [0.29, 0.717) is 12.0 Å². The van der Waals surface area contributed by atoms with Crippen LogP contribution < -0.4 is 5.32 Å². The first kappa shape index (κ1) is 19.0. The van der Waals surface area contributed by atoms with Crippen molar-refractivity contribution in [2.45, 2.75) is 37.6 Å². The minimum Gasteiger partial charge on any atom is -0.504 e. The Hall–Kier alpha value is -2.34. The first-order chi connectivity index (χ1) is 13.4. The molecule has 0 aliphatic carbocycles. The quantitative estimate of drug-likeness (QED) is 0.475. The standard InChI is InChI=1S/C22H28N2O4/c1-4-14-12-24(2)10-9-22(17-7-5-6-8-18(17)23-21(22)27)19(24)11-15(14)16(13-28-3)20(25)26/h5-8,13-15,19H,4,9-12H2,1-3H3,(H-,23,25,26,27)/p+1. The van der Waals surface area contributed by atoms with E-state index < -0.39 is 11.4 Å². The van der Waals surface area contributed by atoms with E-state index in [1.807, 2.05) is 18.2 Å². The van der Waals surface area contributed by atoms with Crippen molar-refractivity contribution >= 4 is 17.6 Å². The fourth-order valence-corrected chi connectivity index (χ4v) is 6.19. The number of para-hydroxylation sites is 1. The molecule has 2 N–H and O–H groups in total. The van der Waals surface area contributed by atoms with Crippen molar-refractivity contribution in [2.75, 3.05) is 32.6 Å². The number of anilines is 1. The number of nitrogens with one attached hydrogen (secondary N) is 1. The largest absolute Gasteiger partial charge is 0.504 e. The highest BCUT2D eigenvalue weighted by atomic mass is 16.5. The number of likely N-dealkylation sites (N-methyl/N-ethyl adjacent to an activating group) is 1. The lowest BCUT2D eigenvalue weighted by molar-refractivity contribution is -0.932. The number of methoxy groups -OCH3 is 1. The molecule has 28 heavy (non-hydrogen) atoms.